The second-order valence-corrected chi connectivity index (χ2v) is 5.39. The molecule has 0 unspecified atom stereocenters. The molecule has 0 saturated carbocycles. The first-order chi connectivity index (χ1) is 8.25. The molecular weight excluding hydrogens is 344 g/mol. The number of benzene rings is 1. The highest BCUT2D eigenvalue weighted by molar-refractivity contribution is 9.11. The van der Waals surface area contributed by atoms with Crippen molar-refractivity contribution in [3.05, 3.63) is 57.2 Å². The summed E-state index contributed by atoms with van der Waals surface area (Å²) in [4.78, 5) is 4.29. The summed E-state index contributed by atoms with van der Waals surface area (Å²) in [6.45, 7) is 0.872. The average molecular weight is 356 g/mol. The number of aromatic nitrogens is 1. The molecule has 0 aliphatic rings. The van der Waals surface area contributed by atoms with E-state index in [9.17, 15) is 0 Å². The van der Waals surface area contributed by atoms with Crippen LogP contribution in [0.2, 0.25) is 0 Å². The fourth-order valence-corrected chi connectivity index (χ4v) is 2.69. The van der Waals surface area contributed by atoms with Crippen molar-refractivity contribution in [3.63, 3.8) is 0 Å². The van der Waals surface area contributed by atoms with Crippen molar-refractivity contribution in [2.24, 2.45) is 0 Å². The third-order valence-corrected chi connectivity index (χ3v) is 3.50. The average Bonchev–Trinajstić information content (AvgIpc) is 2.33. The lowest BCUT2D eigenvalue weighted by atomic mass is 10.2. The second-order valence-electron chi connectivity index (χ2n) is 3.62. The fraction of sp³-hybridized carbons (Fsp3) is 0.154. The van der Waals surface area contributed by atoms with E-state index in [0.717, 1.165) is 33.3 Å². The van der Waals surface area contributed by atoms with Crippen molar-refractivity contribution in [1.29, 1.82) is 0 Å². The van der Waals surface area contributed by atoms with Crippen molar-refractivity contribution in [1.82, 2.24) is 4.98 Å². The Kier molecular flexibility index (Phi) is 4.57. The van der Waals surface area contributed by atoms with E-state index in [2.05, 4.69) is 42.2 Å². The zero-order valence-electron chi connectivity index (χ0n) is 9.16. The van der Waals surface area contributed by atoms with Crippen molar-refractivity contribution >= 4 is 37.5 Å². The van der Waals surface area contributed by atoms with Crippen LogP contribution >= 0.6 is 31.9 Å². The van der Waals surface area contributed by atoms with Crippen molar-refractivity contribution in [2.75, 3.05) is 11.9 Å². The number of anilines is 1. The Hall–Kier alpha value is -0.870. The summed E-state index contributed by atoms with van der Waals surface area (Å²) >= 11 is 6.96. The molecule has 1 aromatic heterocycles. The molecule has 0 atom stereocenters. The van der Waals surface area contributed by atoms with Crippen LogP contribution in [-0.2, 0) is 6.42 Å². The van der Waals surface area contributed by atoms with Gasteiger partial charge >= 0.3 is 0 Å². The Bertz CT molecular complexity index is 486. The first-order valence-electron chi connectivity index (χ1n) is 5.34. The Labute approximate surface area is 118 Å². The van der Waals surface area contributed by atoms with Gasteiger partial charge in [-0.05, 0) is 46.3 Å². The number of rotatable bonds is 4. The van der Waals surface area contributed by atoms with Gasteiger partial charge < -0.3 is 5.32 Å². The molecule has 2 rings (SSSR count). The zero-order chi connectivity index (χ0) is 12.1. The minimum Gasteiger partial charge on any atom is -0.384 e. The molecular formula is C13H12Br2N2. The molecule has 4 heteroatoms. The number of halogens is 2. The summed E-state index contributed by atoms with van der Waals surface area (Å²) in [5, 5.41) is 3.38. The highest BCUT2D eigenvalue weighted by Gasteiger charge is 2.00. The predicted octanol–water partition coefficient (Wildman–Crippen LogP) is 4.26. The first-order valence-corrected chi connectivity index (χ1v) is 6.93. The number of nitrogens with one attached hydrogen (secondary N) is 1. The van der Waals surface area contributed by atoms with Crippen LogP contribution in [0.15, 0.2) is 51.5 Å². The van der Waals surface area contributed by atoms with E-state index in [1.54, 1.807) is 0 Å². The maximum Gasteiger partial charge on any atom is 0.0485 e. The molecule has 2 nitrogen and oxygen atoms in total. The molecule has 0 saturated heterocycles. The van der Waals surface area contributed by atoms with E-state index >= 15 is 0 Å². The van der Waals surface area contributed by atoms with Gasteiger partial charge in [0.15, 0.2) is 0 Å². The summed E-state index contributed by atoms with van der Waals surface area (Å²) < 4.78 is 2.13. The van der Waals surface area contributed by atoms with E-state index in [0.29, 0.717) is 0 Å². The summed E-state index contributed by atoms with van der Waals surface area (Å²) in [6, 6.07) is 12.1. The van der Waals surface area contributed by atoms with Crippen LogP contribution in [0.25, 0.3) is 0 Å². The predicted molar refractivity (Wildman–Crippen MR) is 78.3 cm³/mol. The summed E-state index contributed by atoms with van der Waals surface area (Å²) in [5.74, 6) is 0. The minimum absolute atomic E-state index is 0.872. The molecule has 88 valence electrons. The topological polar surface area (TPSA) is 24.9 Å². The Morgan fingerprint density at radius 3 is 2.71 bits per heavy atom. The van der Waals surface area contributed by atoms with Crippen LogP contribution in [0.3, 0.4) is 0 Å². The Balaban J connectivity index is 1.90. The number of hydrogen-bond acceptors (Lipinski definition) is 2. The normalized spacial score (nSPS) is 10.2. The second kappa shape index (κ2) is 6.17. The maximum absolute atomic E-state index is 4.29. The Morgan fingerprint density at radius 1 is 1.12 bits per heavy atom. The summed E-state index contributed by atoms with van der Waals surface area (Å²) in [6.07, 6.45) is 2.74. The quantitative estimate of drug-likeness (QED) is 0.886. The minimum atomic E-state index is 0.872. The van der Waals surface area contributed by atoms with Crippen LogP contribution in [0.1, 0.15) is 5.69 Å². The molecule has 1 heterocycles. The van der Waals surface area contributed by atoms with Crippen LogP contribution in [-0.4, -0.2) is 11.5 Å². The Morgan fingerprint density at radius 2 is 2.00 bits per heavy atom. The van der Waals surface area contributed by atoms with E-state index in [1.165, 1.54) is 0 Å². The SMILES string of the molecule is Brc1ccc(NCCc2ccccn2)c(Br)c1. The third kappa shape index (κ3) is 3.82. The van der Waals surface area contributed by atoms with Gasteiger partial charge in [-0.15, -0.1) is 0 Å². The summed E-state index contributed by atoms with van der Waals surface area (Å²) in [7, 11) is 0. The van der Waals surface area contributed by atoms with E-state index in [4.69, 9.17) is 0 Å². The molecule has 2 aromatic rings. The van der Waals surface area contributed by atoms with Crippen LogP contribution in [0, 0.1) is 0 Å². The fourth-order valence-electron chi connectivity index (χ4n) is 1.50. The molecule has 0 spiro atoms. The van der Waals surface area contributed by atoms with Gasteiger partial charge in [0, 0.05) is 39.5 Å². The molecule has 0 aliphatic carbocycles. The monoisotopic (exact) mass is 354 g/mol. The van der Waals surface area contributed by atoms with Gasteiger partial charge in [0.05, 0.1) is 0 Å². The molecule has 0 aliphatic heterocycles. The van der Waals surface area contributed by atoms with Crippen LogP contribution < -0.4 is 5.32 Å². The molecule has 17 heavy (non-hydrogen) atoms. The molecule has 0 amide bonds. The van der Waals surface area contributed by atoms with Gasteiger partial charge in [-0.25, -0.2) is 0 Å². The standard InChI is InChI=1S/C13H12Br2N2/c14-10-4-5-13(12(15)9-10)17-8-6-11-3-1-2-7-16-11/h1-5,7,9,17H,6,8H2. The van der Waals surface area contributed by atoms with Gasteiger partial charge in [-0.3, -0.25) is 4.98 Å². The van der Waals surface area contributed by atoms with E-state index in [-0.39, 0.29) is 0 Å². The summed E-state index contributed by atoms with van der Waals surface area (Å²) in [5.41, 5.74) is 2.21. The maximum atomic E-state index is 4.29. The zero-order valence-corrected chi connectivity index (χ0v) is 12.3. The molecule has 0 radical (unpaired) electrons. The first kappa shape index (κ1) is 12.6. The third-order valence-electron chi connectivity index (χ3n) is 2.35. The highest BCUT2D eigenvalue weighted by atomic mass is 79.9. The molecule has 0 fully saturated rings. The number of pyridine rings is 1. The molecule has 1 N–H and O–H groups in total. The van der Waals surface area contributed by atoms with Crippen molar-refractivity contribution in [3.8, 4) is 0 Å². The van der Waals surface area contributed by atoms with Crippen LogP contribution in [0.5, 0.6) is 0 Å². The lowest BCUT2D eigenvalue weighted by molar-refractivity contribution is 0.960. The van der Waals surface area contributed by atoms with Gasteiger partial charge in [0.25, 0.3) is 0 Å². The van der Waals surface area contributed by atoms with Gasteiger partial charge in [-0.2, -0.15) is 0 Å². The van der Waals surface area contributed by atoms with Crippen molar-refractivity contribution in [2.45, 2.75) is 6.42 Å². The molecule has 1 aromatic carbocycles. The van der Waals surface area contributed by atoms with Gasteiger partial charge in [0.1, 0.15) is 0 Å². The van der Waals surface area contributed by atoms with E-state index in [1.807, 2.05) is 42.6 Å². The van der Waals surface area contributed by atoms with E-state index < -0.39 is 0 Å². The highest BCUT2D eigenvalue weighted by Crippen LogP contribution is 2.25. The molecule has 0 bridgehead atoms. The largest absolute Gasteiger partial charge is 0.384 e. The van der Waals surface area contributed by atoms with Crippen molar-refractivity contribution < 1.29 is 0 Å². The smallest absolute Gasteiger partial charge is 0.0485 e. The lowest BCUT2D eigenvalue weighted by Gasteiger charge is -2.08. The lowest BCUT2D eigenvalue weighted by Crippen LogP contribution is -2.06. The number of nitrogens with zero attached hydrogens (tertiary/aromatic N) is 1. The number of hydrogen-bond donors (Lipinski definition) is 1. The van der Waals surface area contributed by atoms with Crippen LogP contribution in [0.4, 0.5) is 5.69 Å². The van der Waals surface area contributed by atoms with Gasteiger partial charge in [0.2, 0.25) is 0 Å². The van der Waals surface area contributed by atoms with Gasteiger partial charge in [-0.1, -0.05) is 22.0 Å².